The minimum absolute atomic E-state index is 0.0845. The minimum atomic E-state index is -0.0845. The van der Waals surface area contributed by atoms with Gasteiger partial charge in [-0.1, -0.05) is 0 Å². The maximum Gasteiger partial charge on any atom is 0.193 e. The Bertz CT molecular complexity index is 722. The van der Waals surface area contributed by atoms with E-state index in [1.165, 1.54) is 6.42 Å². The molecule has 2 aromatic rings. The molecule has 1 aliphatic rings. The van der Waals surface area contributed by atoms with Gasteiger partial charge in [-0.05, 0) is 68.8 Å². The van der Waals surface area contributed by atoms with Gasteiger partial charge in [-0.2, -0.15) is 0 Å². The second kappa shape index (κ2) is 6.93. The Morgan fingerprint density at radius 2 is 1.83 bits per heavy atom. The topological polar surface area (TPSA) is 90.4 Å². The Morgan fingerprint density at radius 1 is 1.12 bits per heavy atom. The molecule has 0 spiro atoms. The van der Waals surface area contributed by atoms with E-state index < -0.39 is 0 Å². The molecular weight excluding hydrogens is 302 g/mol. The van der Waals surface area contributed by atoms with E-state index in [0.29, 0.717) is 28.5 Å². The Kier molecular flexibility index (Phi) is 4.71. The largest absolute Gasteiger partial charge is 0.489 e. The minimum Gasteiger partial charge on any atom is -0.489 e. The molecule has 3 rings (SSSR count). The first-order valence-electron chi connectivity index (χ1n) is 8.24. The zero-order chi connectivity index (χ0) is 17.1. The third kappa shape index (κ3) is 3.51. The van der Waals surface area contributed by atoms with Crippen molar-refractivity contribution in [3.05, 3.63) is 53.6 Å². The molecule has 0 amide bonds. The molecule has 0 aliphatic carbocycles. The highest BCUT2D eigenvalue weighted by Crippen LogP contribution is 2.21. The molecule has 0 saturated carbocycles. The van der Waals surface area contributed by atoms with E-state index in [1.807, 2.05) is 12.1 Å². The summed E-state index contributed by atoms with van der Waals surface area (Å²) in [5, 5.41) is 3.44. The van der Waals surface area contributed by atoms with Crippen molar-refractivity contribution < 1.29 is 9.53 Å². The number of nitrogens with two attached hydrogens (primary N) is 2. The van der Waals surface area contributed by atoms with Gasteiger partial charge in [0, 0.05) is 17.2 Å². The molecule has 5 N–H and O–H groups in total. The molecule has 2 atom stereocenters. The lowest BCUT2D eigenvalue weighted by molar-refractivity contribution is 0.103. The fraction of sp³-hybridized carbons (Fsp3) is 0.316. The first-order valence-corrected chi connectivity index (χ1v) is 8.24. The van der Waals surface area contributed by atoms with Crippen molar-refractivity contribution in [3.8, 4) is 5.75 Å². The molecule has 1 fully saturated rings. The number of hydrogen-bond donors (Lipinski definition) is 3. The van der Waals surface area contributed by atoms with Gasteiger partial charge in [-0.25, -0.2) is 0 Å². The van der Waals surface area contributed by atoms with Crippen LogP contribution in [0, 0.1) is 0 Å². The number of ketones is 1. The zero-order valence-corrected chi connectivity index (χ0v) is 13.8. The van der Waals surface area contributed by atoms with Crippen LogP contribution in [0.15, 0.2) is 42.5 Å². The van der Waals surface area contributed by atoms with Crippen molar-refractivity contribution in [2.75, 3.05) is 18.0 Å². The summed E-state index contributed by atoms with van der Waals surface area (Å²) < 4.78 is 5.96. The van der Waals surface area contributed by atoms with E-state index >= 15 is 0 Å². The molecule has 2 unspecified atom stereocenters. The number of nitrogens with one attached hydrogen (secondary N) is 1. The molecule has 126 valence electrons. The summed E-state index contributed by atoms with van der Waals surface area (Å²) in [5.41, 5.74) is 13.5. The van der Waals surface area contributed by atoms with Gasteiger partial charge in [-0.3, -0.25) is 4.79 Å². The number of anilines is 2. The first-order chi connectivity index (χ1) is 11.5. The summed E-state index contributed by atoms with van der Waals surface area (Å²) in [6.45, 7) is 3.12. The highest BCUT2D eigenvalue weighted by atomic mass is 16.5. The second-order valence-electron chi connectivity index (χ2n) is 6.22. The molecule has 0 bridgehead atoms. The standard InChI is InChI=1S/C19H23N3O2/c1-12(18-3-2-10-22-18)24-15-7-4-13(5-8-15)19(23)14-6-9-16(20)17(21)11-14/h4-9,11-12,18,22H,2-3,10,20-21H2,1H3. The van der Waals surface area contributed by atoms with Crippen LogP contribution in [0.1, 0.15) is 35.7 Å². The van der Waals surface area contributed by atoms with Gasteiger partial charge in [-0.15, -0.1) is 0 Å². The summed E-state index contributed by atoms with van der Waals surface area (Å²) in [6.07, 6.45) is 2.43. The highest BCUT2D eigenvalue weighted by Gasteiger charge is 2.22. The van der Waals surface area contributed by atoms with E-state index in [2.05, 4.69) is 12.2 Å². The lowest BCUT2D eigenvalue weighted by Crippen LogP contribution is -2.36. The lowest BCUT2D eigenvalue weighted by atomic mass is 10.0. The number of rotatable bonds is 5. The van der Waals surface area contributed by atoms with Crippen molar-refractivity contribution >= 4 is 17.2 Å². The average Bonchev–Trinajstić information content (AvgIpc) is 3.12. The third-order valence-electron chi connectivity index (χ3n) is 4.45. The van der Waals surface area contributed by atoms with Crippen molar-refractivity contribution in [2.45, 2.75) is 31.9 Å². The summed E-state index contributed by atoms with van der Waals surface area (Å²) in [7, 11) is 0. The summed E-state index contributed by atoms with van der Waals surface area (Å²) in [5.74, 6) is 0.684. The Morgan fingerprint density at radius 3 is 2.46 bits per heavy atom. The fourth-order valence-electron chi connectivity index (χ4n) is 2.98. The number of nitrogen functional groups attached to an aromatic ring is 2. The highest BCUT2D eigenvalue weighted by molar-refractivity contribution is 6.09. The quantitative estimate of drug-likeness (QED) is 0.581. The summed E-state index contributed by atoms with van der Waals surface area (Å²) in [4.78, 5) is 12.5. The van der Waals surface area contributed by atoms with Crippen molar-refractivity contribution in [2.24, 2.45) is 0 Å². The SMILES string of the molecule is CC(Oc1ccc(C(=O)c2ccc(N)c(N)c2)cc1)C1CCCN1. The van der Waals surface area contributed by atoms with Crippen LogP contribution in [0.2, 0.25) is 0 Å². The summed E-state index contributed by atoms with van der Waals surface area (Å²) >= 11 is 0. The van der Waals surface area contributed by atoms with Crippen LogP contribution in [-0.4, -0.2) is 24.5 Å². The molecule has 24 heavy (non-hydrogen) atoms. The molecule has 5 heteroatoms. The van der Waals surface area contributed by atoms with Gasteiger partial charge >= 0.3 is 0 Å². The number of carbonyl (C=O) groups is 1. The molecule has 5 nitrogen and oxygen atoms in total. The second-order valence-corrected chi connectivity index (χ2v) is 6.22. The van der Waals surface area contributed by atoms with Gasteiger partial charge in [0.1, 0.15) is 11.9 Å². The van der Waals surface area contributed by atoms with Crippen LogP contribution in [0.25, 0.3) is 0 Å². The molecule has 0 radical (unpaired) electrons. The molecule has 2 aromatic carbocycles. The first kappa shape index (κ1) is 16.3. The van der Waals surface area contributed by atoms with E-state index in [4.69, 9.17) is 16.2 Å². The lowest BCUT2D eigenvalue weighted by Gasteiger charge is -2.21. The monoisotopic (exact) mass is 325 g/mol. The van der Waals surface area contributed by atoms with Gasteiger partial charge in [0.25, 0.3) is 0 Å². The number of benzene rings is 2. The van der Waals surface area contributed by atoms with Crippen LogP contribution in [0.4, 0.5) is 11.4 Å². The molecule has 0 aromatic heterocycles. The van der Waals surface area contributed by atoms with E-state index in [-0.39, 0.29) is 11.9 Å². The summed E-state index contributed by atoms with van der Waals surface area (Å²) in [6, 6.07) is 12.6. The predicted molar refractivity (Wildman–Crippen MR) is 96.3 cm³/mol. The van der Waals surface area contributed by atoms with Gasteiger partial charge in [0.2, 0.25) is 0 Å². The molecule has 1 heterocycles. The van der Waals surface area contributed by atoms with Crippen LogP contribution in [-0.2, 0) is 0 Å². The maximum atomic E-state index is 12.5. The molecule has 1 saturated heterocycles. The average molecular weight is 325 g/mol. The molecule has 1 aliphatic heterocycles. The van der Waals surface area contributed by atoms with Crippen LogP contribution in [0.3, 0.4) is 0 Å². The Labute approximate surface area is 142 Å². The third-order valence-corrected chi connectivity index (χ3v) is 4.45. The van der Waals surface area contributed by atoms with Crippen molar-refractivity contribution in [3.63, 3.8) is 0 Å². The maximum absolute atomic E-state index is 12.5. The zero-order valence-electron chi connectivity index (χ0n) is 13.8. The molecular formula is C19H23N3O2. The van der Waals surface area contributed by atoms with Crippen LogP contribution in [0.5, 0.6) is 5.75 Å². The van der Waals surface area contributed by atoms with E-state index in [0.717, 1.165) is 18.7 Å². The van der Waals surface area contributed by atoms with Crippen LogP contribution < -0.4 is 21.5 Å². The van der Waals surface area contributed by atoms with E-state index in [1.54, 1.807) is 30.3 Å². The van der Waals surface area contributed by atoms with E-state index in [9.17, 15) is 4.79 Å². The smallest absolute Gasteiger partial charge is 0.193 e. The van der Waals surface area contributed by atoms with Gasteiger partial charge < -0.3 is 21.5 Å². The number of ether oxygens (including phenoxy) is 1. The van der Waals surface area contributed by atoms with Crippen molar-refractivity contribution in [1.29, 1.82) is 0 Å². The number of carbonyl (C=O) groups excluding carboxylic acids is 1. The Balaban J connectivity index is 1.69. The fourth-order valence-corrected chi connectivity index (χ4v) is 2.98. The van der Waals surface area contributed by atoms with Crippen LogP contribution >= 0.6 is 0 Å². The van der Waals surface area contributed by atoms with Gasteiger partial charge in [0.05, 0.1) is 11.4 Å². The predicted octanol–water partition coefficient (Wildman–Crippen LogP) is 2.60. The van der Waals surface area contributed by atoms with Crippen molar-refractivity contribution in [1.82, 2.24) is 5.32 Å². The number of hydrogen-bond acceptors (Lipinski definition) is 5. The van der Waals surface area contributed by atoms with Gasteiger partial charge in [0.15, 0.2) is 5.78 Å². The Hall–Kier alpha value is -2.53. The normalized spacial score (nSPS) is 18.3.